The molecule has 3 aromatic rings. The molecule has 0 radical (unpaired) electrons. The van der Waals surface area contributed by atoms with Crippen molar-refractivity contribution in [2.45, 2.75) is 33.1 Å². The quantitative estimate of drug-likeness (QED) is 0.771. The maximum atomic E-state index is 12.4. The Labute approximate surface area is 159 Å². The number of piperidine rings is 1. The van der Waals surface area contributed by atoms with E-state index in [2.05, 4.69) is 27.1 Å². The summed E-state index contributed by atoms with van der Waals surface area (Å²) < 4.78 is 1.95. The van der Waals surface area contributed by atoms with Crippen LogP contribution in [0.4, 0.5) is 11.5 Å². The van der Waals surface area contributed by atoms with Crippen LogP contribution in [0.1, 0.15) is 31.0 Å². The molecule has 0 bridgehead atoms. The smallest absolute Gasteiger partial charge is 0.230 e. The SMILES string of the molecule is Cc1cccn2cc(CC(=O)Nc3ccc(N4CCC(C)CC4)nc3)nc12. The molecule has 1 fully saturated rings. The summed E-state index contributed by atoms with van der Waals surface area (Å²) in [6, 6.07) is 7.90. The molecule has 1 N–H and O–H groups in total. The number of hydrogen-bond donors (Lipinski definition) is 1. The van der Waals surface area contributed by atoms with E-state index in [9.17, 15) is 4.79 Å². The number of amides is 1. The topological polar surface area (TPSA) is 62.5 Å². The minimum atomic E-state index is -0.0857. The van der Waals surface area contributed by atoms with Gasteiger partial charge in [-0.05, 0) is 49.4 Å². The predicted octanol–water partition coefficient (Wildman–Crippen LogP) is 3.46. The first-order valence-electron chi connectivity index (χ1n) is 9.52. The molecule has 1 aliphatic heterocycles. The van der Waals surface area contributed by atoms with Crippen molar-refractivity contribution in [2.75, 3.05) is 23.3 Å². The van der Waals surface area contributed by atoms with Gasteiger partial charge >= 0.3 is 0 Å². The van der Waals surface area contributed by atoms with Crippen molar-refractivity contribution in [3.05, 3.63) is 54.1 Å². The van der Waals surface area contributed by atoms with Gasteiger partial charge < -0.3 is 14.6 Å². The van der Waals surface area contributed by atoms with E-state index >= 15 is 0 Å². The van der Waals surface area contributed by atoms with Crippen LogP contribution in [0.5, 0.6) is 0 Å². The molecule has 3 aromatic heterocycles. The summed E-state index contributed by atoms with van der Waals surface area (Å²) in [5.74, 6) is 1.69. The van der Waals surface area contributed by atoms with Crippen LogP contribution in [-0.2, 0) is 11.2 Å². The van der Waals surface area contributed by atoms with Gasteiger partial charge in [0.2, 0.25) is 5.91 Å². The normalized spacial score (nSPS) is 15.3. The molecule has 0 atom stereocenters. The number of hydrogen-bond acceptors (Lipinski definition) is 4. The second-order valence-corrected chi connectivity index (χ2v) is 7.45. The molecule has 0 spiro atoms. The van der Waals surface area contributed by atoms with Gasteiger partial charge in [-0.2, -0.15) is 0 Å². The van der Waals surface area contributed by atoms with Gasteiger partial charge in [0.15, 0.2) is 0 Å². The van der Waals surface area contributed by atoms with Gasteiger partial charge in [0.1, 0.15) is 11.5 Å². The molecule has 27 heavy (non-hydrogen) atoms. The minimum Gasteiger partial charge on any atom is -0.357 e. The van der Waals surface area contributed by atoms with Crippen LogP contribution in [0.2, 0.25) is 0 Å². The maximum Gasteiger partial charge on any atom is 0.230 e. The average Bonchev–Trinajstić information content (AvgIpc) is 3.07. The summed E-state index contributed by atoms with van der Waals surface area (Å²) in [6.45, 7) is 6.41. The lowest BCUT2D eigenvalue weighted by molar-refractivity contribution is -0.115. The average molecular weight is 363 g/mol. The molecule has 0 aromatic carbocycles. The maximum absolute atomic E-state index is 12.4. The van der Waals surface area contributed by atoms with Gasteiger partial charge in [0.25, 0.3) is 0 Å². The predicted molar refractivity (Wildman–Crippen MR) is 107 cm³/mol. The van der Waals surface area contributed by atoms with Crippen molar-refractivity contribution >= 4 is 23.1 Å². The second-order valence-electron chi connectivity index (χ2n) is 7.45. The minimum absolute atomic E-state index is 0.0857. The van der Waals surface area contributed by atoms with Gasteiger partial charge in [0, 0.05) is 25.5 Å². The van der Waals surface area contributed by atoms with E-state index in [1.54, 1.807) is 6.20 Å². The van der Waals surface area contributed by atoms with Crippen molar-refractivity contribution in [3.8, 4) is 0 Å². The molecule has 4 heterocycles. The van der Waals surface area contributed by atoms with Gasteiger partial charge in [-0.15, -0.1) is 0 Å². The van der Waals surface area contributed by atoms with Crippen LogP contribution in [-0.4, -0.2) is 33.4 Å². The van der Waals surface area contributed by atoms with E-state index in [4.69, 9.17) is 0 Å². The fraction of sp³-hybridized carbons (Fsp3) is 0.381. The summed E-state index contributed by atoms with van der Waals surface area (Å²) in [5.41, 5.74) is 3.46. The van der Waals surface area contributed by atoms with E-state index in [1.165, 1.54) is 12.8 Å². The number of nitrogens with zero attached hydrogens (tertiary/aromatic N) is 4. The highest BCUT2D eigenvalue weighted by Crippen LogP contribution is 2.22. The Hall–Kier alpha value is -2.89. The van der Waals surface area contributed by atoms with E-state index in [0.29, 0.717) is 5.69 Å². The zero-order chi connectivity index (χ0) is 18.8. The number of fused-ring (bicyclic) bond motifs is 1. The number of pyridine rings is 2. The number of aryl methyl sites for hydroxylation is 1. The Morgan fingerprint density at radius 3 is 2.78 bits per heavy atom. The monoisotopic (exact) mass is 363 g/mol. The summed E-state index contributed by atoms with van der Waals surface area (Å²) in [4.78, 5) is 23.8. The molecular weight excluding hydrogens is 338 g/mol. The number of anilines is 2. The Morgan fingerprint density at radius 1 is 1.26 bits per heavy atom. The van der Waals surface area contributed by atoms with Crippen molar-refractivity contribution in [2.24, 2.45) is 5.92 Å². The lowest BCUT2D eigenvalue weighted by atomic mass is 9.99. The van der Waals surface area contributed by atoms with Crippen molar-refractivity contribution in [1.82, 2.24) is 14.4 Å². The highest BCUT2D eigenvalue weighted by atomic mass is 16.1. The number of nitrogens with one attached hydrogen (secondary N) is 1. The second kappa shape index (κ2) is 7.39. The number of carbonyl (C=O) groups excluding carboxylic acids is 1. The van der Waals surface area contributed by atoms with Crippen LogP contribution < -0.4 is 10.2 Å². The molecule has 0 aliphatic carbocycles. The summed E-state index contributed by atoms with van der Waals surface area (Å²) in [7, 11) is 0. The molecule has 0 unspecified atom stereocenters. The van der Waals surface area contributed by atoms with Crippen LogP contribution in [0, 0.1) is 12.8 Å². The highest BCUT2D eigenvalue weighted by molar-refractivity contribution is 5.92. The molecule has 4 rings (SSSR count). The van der Waals surface area contributed by atoms with Crippen molar-refractivity contribution < 1.29 is 4.79 Å². The fourth-order valence-corrected chi connectivity index (χ4v) is 3.54. The zero-order valence-electron chi connectivity index (χ0n) is 15.9. The van der Waals surface area contributed by atoms with Crippen molar-refractivity contribution in [1.29, 1.82) is 0 Å². The van der Waals surface area contributed by atoms with Gasteiger partial charge in [-0.25, -0.2) is 9.97 Å². The molecule has 6 heteroatoms. The first-order valence-corrected chi connectivity index (χ1v) is 9.52. The van der Waals surface area contributed by atoms with E-state index in [0.717, 1.165) is 41.7 Å². The van der Waals surface area contributed by atoms with E-state index < -0.39 is 0 Å². The third-order valence-electron chi connectivity index (χ3n) is 5.21. The standard InChI is InChI=1S/C21H25N5O/c1-15-7-10-25(11-8-15)19-6-5-17(13-22-19)23-20(27)12-18-14-26-9-3-4-16(2)21(26)24-18/h3-6,9,13-15H,7-8,10-12H2,1-2H3,(H,23,27). The molecule has 1 aliphatic rings. The first kappa shape index (κ1) is 17.5. The van der Waals surface area contributed by atoms with E-state index in [1.807, 2.05) is 48.0 Å². The summed E-state index contributed by atoms with van der Waals surface area (Å²) in [5, 5.41) is 2.92. The Morgan fingerprint density at radius 2 is 2.07 bits per heavy atom. The van der Waals surface area contributed by atoms with Crippen LogP contribution in [0.25, 0.3) is 5.65 Å². The summed E-state index contributed by atoms with van der Waals surface area (Å²) >= 11 is 0. The molecule has 1 saturated heterocycles. The van der Waals surface area contributed by atoms with Gasteiger partial charge in [-0.1, -0.05) is 13.0 Å². The Bertz CT molecular complexity index is 939. The van der Waals surface area contributed by atoms with Crippen LogP contribution in [0.3, 0.4) is 0 Å². The molecule has 0 saturated carbocycles. The lowest BCUT2D eigenvalue weighted by Gasteiger charge is -2.31. The molecular formula is C21H25N5O. The zero-order valence-corrected chi connectivity index (χ0v) is 15.9. The van der Waals surface area contributed by atoms with Gasteiger partial charge in [0.05, 0.1) is 24.0 Å². The third kappa shape index (κ3) is 3.94. The molecule has 140 valence electrons. The van der Waals surface area contributed by atoms with E-state index in [-0.39, 0.29) is 12.3 Å². The highest BCUT2D eigenvalue weighted by Gasteiger charge is 2.17. The molecule has 6 nitrogen and oxygen atoms in total. The fourth-order valence-electron chi connectivity index (χ4n) is 3.54. The summed E-state index contributed by atoms with van der Waals surface area (Å²) in [6.07, 6.45) is 8.24. The van der Waals surface area contributed by atoms with Crippen LogP contribution >= 0.6 is 0 Å². The number of rotatable bonds is 4. The Kier molecular flexibility index (Phi) is 4.79. The molecule has 1 amide bonds. The number of carbonyl (C=O) groups is 1. The Balaban J connectivity index is 1.38. The van der Waals surface area contributed by atoms with Crippen molar-refractivity contribution in [3.63, 3.8) is 0 Å². The number of aromatic nitrogens is 3. The van der Waals surface area contributed by atoms with Gasteiger partial charge in [-0.3, -0.25) is 4.79 Å². The first-order chi connectivity index (χ1) is 13.1. The van der Waals surface area contributed by atoms with Crippen LogP contribution in [0.15, 0.2) is 42.9 Å². The third-order valence-corrected chi connectivity index (χ3v) is 5.21. The number of imidazole rings is 1. The lowest BCUT2D eigenvalue weighted by Crippen LogP contribution is -2.33. The largest absolute Gasteiger partial charge is 0.357 e.